The zero-order valence-corrected chi connectivity index (χ0v) is 28.2. The predicted octanol–water partition coefficient (Wildman–Crippen LogP) is 3.96. The molecule has 16 atom stereocenters. The lowest BCUT2D eigenvalue weighted by Gasteiger charge is -2.50. The molecule has 10 fully saturated rings. The van der Waals surface area contributed by atoms with E-state index in [1.165, 1.54) is 103 Å². The molecule has 4 aliphatic carbocycles. The predicted molar refractivity (Wildman–Crippen MR) is 172 cm³/mol. The van der Waals surface area contributed by atoms with E-state index < -0.39 is 7.02 Å². The van der Waals surface area contributed by atoms with Gasteiger partial charge in [-0.05, 0) is 98.7 Å². The molecule has 0 radical (unpaired) electrons. The zero-order valence-electron chi connectivity index (χ0n) is 25.7. The van der Waals surface area contributed by atoms with Gasteiger partial charge in [0.1, 0.15) is 0 Å². The summed E-state index contributed by atoms with van der Waals surface area (Å²) in [5.74, 6) is 5.13. The van der Waals surface area contributed by atoms with Gasteiger partial charge in [-0.1, -0.05) is 51.4 Å². The van der Waals surface area contributed by atoms with E-state index >= 15 is 0 Å². The van der Waals surface area contributed by atoms with E-state index in [2.05, 4.69) is 41.0 Å². The maximum Gasteiger partial charge on any atom is 0.413 e. The Balaban J connectivity index is 1.15. The molecule has 10 aliphatic rings. The standard InChI is InChI=1S/C32H54Cl2N8Si/c33-43(34)41-29-21-13-5-6-14-22(21)31(41)39-27-19-11-3-4-12-20(19)28(36-27)40-32-24-16-8-7-15-23(24)30(42(32)43)38-26-18-10-2-1-9-17(18)25(35-26)37-29/h17-32,35-40H,1-16H2. The molecule has 6 saturated heterocycles. The summed E-state index contributed by atoms with van der Waals surface area (Å²) in [7, 11) is -3.17. The van der Waals surface area contributed by atoms with Crippen molar-refractivity contribution in [3.8, 4) is 0 Å². The van der Waals surface area contributed by atoms with Crippen LogP contribution in [0.1, 0.15) is 103 Å². The first-order valence-corrected chi connectivity index (χ1v) is 22.5. The highest BCUT2D eigenvalue weighted by Gasteiger charge is 2.68. The van der Waals surface area contributed by atoms with Crippen LogP contribution in [0.3, 0.4) is 0 Å². The van der Waals surface area contributed by atoms with E-state index in [0.717, 1.165) is 0 Å². The van der Waals surface area contributed by atoms with Gasteiger partial charge in [0, 0.05) is 0 Å². The Morgan fingerprint density at radius 2 is 0.581 bits per heavy atom. The highest BCUT2D eigenvalue weighted by atomic mass is 35.7. The number of fused-ring (bicyclic) bond motifs is 16. The average Bonchev–Trinajstić information content (AvgIpc) is 3.74. The van der Waals surface area contributed by atoms with Crippen LogP contribution in [0.5, 0.6) is 0 Å². The van der Waals surface area contributed by atoms with Crippen LogP contribution < -0.4 is 31.9 Å². The number of hydrogen-bond donors (Lipinski definition) is 6. The van der Waals surface area contributed by atoms with Crippen LogP contribution in [0.25, 0.3) is 0 Å². The third kappa shape index (κ3) is 4.22. The monoisotopic (exact) mass is 648 g/mol. The van der Waals surface area contributed by atoms with Crippen molar-refractivity contribution >= 4 is 29.2 Å². The van der Waals surface area contributed by atoms with Crippen molar-refractivity contribution in [1.82, 2.24) is 41.0 Å². The molecule has 4 saturated carbocycles. The van der Waals surface area contributed by atoms with Crippen molar-refractivity contribution in [2.75, 3.05) is 0 Å². The van der Waals surface area contributed by atoms with Gasteiger partial charge in [-0.3, -0.25) is 41.0 Å². The quantitative estimate of drug-likeness (QED) is 0.174. The van der Waals surface area contributed by atoms with Gasteiger partial charge >= 0.3 is 7.02 Å². The van der Waals surface area contributed by atoms with E-state index in [4.69, 9.17) is 22.2 Å². The van der Waals surface area contributed by atoms with Crippen molar-refractivity contribution in [3.05, 3.63) is 0 Å². The highest BCUT2D eigenvalue weighted by Crippen LogP contribution is 2.55. The molecule has 8 nitrogen and oxygen atoms in total. The van der Waals surface area contributed by atoms with Crippen molar-refractivity contribution in [1.29, 1.82) is 0 Å². The van der Waals surface area contributed by atoms with Crippen LogP contribution in [0.15, 0.2) is 0 Å². The average molecular weight is 650 g/mol. The van der Waals surface area contributed by atoms with Crippen LogP contribution in [0.2, 0.25) is 0 Å². The summed E-state index contributed by atoms with van der Waals surface area (Å²) in [4.78, 5) is 0. The van der Waals surface area contributed by atoms with Crippen LogP contribution in [0, 0.1) is 47.3 Å². The summed E-state index contributed by atoms with van der Waals surface area (Å²) >= 11 is 16.5. The van der Waals surface area contributed by atoms with E-state index in [9.17, 15) is 0 Å². The Morgan fingerprint density at radius 3 is 0.837 bits per heavy atom. The van der Waals surface area contributed by atoms with Gasteiger partial charge in [0.2, 0.25) is 0 Å². The topological polar surface area (TPSA) is 78.7 Å². The third-order valence-corrected chi connectivity index (χ3v) is 19.5. The Bertz CT molecular complexity index is 934. The first-order valence-electron chi connectivity index (χ1n) is 18.6. The fraction of sp³-hybridized carbons (Fsp3) is 1.00. The third-order valence-electron chi connectivity index (χ3n) is 14.8. The molecule has 0 aromatic heterocycles. The highest BCUT2D eigenvalue weighted by molar-refractivity contribution is 7.42. The van der Waals surface area contributed by atoms with E-state index in [-0.39, 0.29) is 24.7 Å². The van der Waals surface area contributed by atoms with Gasteiger partial charge in [0.05, 0.1) is 49.3 Å². The van der Waals surface area contributed by atoms with E-state index in [1.807, 2.05) is 0 Å². The first-order chi connectivity index (χ1) is 21.1. The minimum Gasteiger partial charge on any atom is -0.286 e. The minimum absolute atomic E-state index is 0.226. The van der Waals surface area contributed by atoms with Gasteiger partial charge in [0.25, 0.3) is 0 Å². The second kappa shape index (κ2) is 10.7. The summed E-state index contributed by atoms with van der Waals surface area (Å²) in [5, 5.41) is 25.8. The maximum atomic E-state index is 8.23. The maximum absolute atomic E-state index is 8.23. The van der Waals surface area contributed by atoms with Crippen LogP contribution >= 0.6 is 22.2 Å². The number of nitrogens with one attached hydrogen (secondary N) is 6. The summed E-state index contributed by atoms with van der Waals surface area (Å²) in [6.07, 6.45) is 23.6. The molecule has 6 aliphatic heterocycles. The molecule has 16 unspecified atom stereocenters. The summed E-state index contributed by atoms with van der Waals surface area (Å²) < 4.78 is 5.46. The molecule has 10 rings (SSSR count). The van der Waals surface area contributed by atoms with Gasteiger partial charge in [-0.2, -0.15) is 0 Å². The molecule has 0 aromatic rings. The molecule has 240 valence electrons. The Hall–Kier alpha value is 0.477. The van der Waals surface area contributed by atoms with E-state index in [0.29, 0.717) is 72.0 Å². The fourth-order valence-electron chi connectivity index (χ4n) is 13.1. The second-order valence-corrected chi connectivity index (χ2v) is 22.3. The van der Waals surface area contributed by atoms with Crippen molar-refractivity contribution in [2.45, 2.75) is 152 Å². The normalized spacial score (nSPS) is 57.3. The number of hydrogen-bond acceptors (Lipinski definition) is 8. The molecule has 0 amide bonds. The van der Waals surface area contributed by atoms with Gasteiger partial charge < -0.3 is 0 Å². The number of rotatable bonds is 0. The lowest BCUT2D eigenvalue weighted by atomic mass is 9.76. The molecule has 6 heterocycles. The minimum atomic E-state index is -3.17. The molecule has 11 heteroatoms. The van der Waals surface area contributed by atoms with Crippen molar-refractivity contribution < 1.29 is 0 Å². The van der Waals surface area contributed by atoms with Gasteiger partial charge in [-0.15, -0.1) is 22.2 Å². The first kappa shape index (κ1) is 28.5. The lowest BCUT2D eigenvalue weighted by molar-refractivity contribution is 0.116. The Kier molecular flexibility index (Phi) is 7.12. The smallest absolute Gasteiger partial charge is 0.286 e. The molecule has 43 heavy (non-hydrogen) atoms. The van der Waals surface area contributed by atoms with Gasteiger partial charge in [-0.25, -0.2) is 0 Å². The lowest BCUT2D eigenvalue weighted by Crippen LogP contribution is -2.77. The molecule has 0 spiro atoms. The number of halogens is 2. The fourth-order valence-corrected chi connectivity index (χ4v) is 18.3. The molecule has 0 aromatic carbocycles. The summed E-state index contributed by atoms with van der Waals surface area (Å²) in [6, 6.07) is 0. The molecular formula is C32H54Cl2N8Si. The Morgan fingerprint density at radius 1 is 0.349 bits per heavy atom. The molecule has 6 N–H and O–H groups in total. The summed E-state index contributed by atoms with van der Waals surface area (Å²) in [5.41, 5.74) is 0. The van der Waals surface area contributed by atoms with Crippen molar-refractivity contribution in [2.24, 2.45) is 47.3 Å². The summed E-state index contributed by atoms with van der Waals surface area (Å²) in [6.45, 7) is 0. The van der Waals surface area contributed by atoms with Gasteiger partial charge in [0.15, 0.2) is 0 Å². The van der Waals surface area contributed by atoms with Crippen molar-refractivity contribution in [3.63, 3.8) is 0 Å². The molecular weight excluding hydrogens is 595 g/mol. The Labute approximate surface area is 268 Å². The number of nitrogens with zero attached hydrogens (tertiary/aromatic N) is 2. The molecule has 6 bridgehead atoms. The van der Waals surface area contributed by atoms with E-state index in [1.54, 1.807) is 0 Å². The van der Waals surface area contributed by atoms with Crippen LogP contribution in [0.4, 0.5) is 0 Å². The van der Waals surface area contributed by atoms with Crippen LogP contribution in [-0.4, -0.2) is 65.5 Å². The van der Waals surface area contributed by atoms with Crippen LogP contribution in [-0.2, 0) is 0 Å². The SMILES string of the molecule is Cl[Si]1(Cl)N2C3NC4NC(NC5C6CCCCC6C(NC6NC(NC2C2CCCCC23)C2CCCCC62)N51)C1CCCCC41. The largest absolute Gasteiger partial charge is 0.413 e. The zero-order chi connectivity index (χ0) is 28.4. The second-order valence-electron chi connectivity index (χ2n) is 16.5.